The molecule has 0 unspecified atom stereocenters. The van der Waals surface area contributed by atoms with Crippen molar-refractivity contribution in [2.75, 3.05) is 5.32 Å². The van der Waals surface area contributed by atoms with Gasteiger partial charge < -0.3 is 14.5 Å². The van der Waals surface area contributed by atoms with Crippen LogP contribution in [0.1, 0.15) is 18.1 Å². The first-order valence-corrected chi connectivity index (χ1v) is 8.97. The maximum absolute atomic E-state index is 12.6. The number of amides is 1. The molecule has 0 aliphatic carbocycles. The minimum Gasteiger partial charge on any atom is -0.481 e. The number of aryl methyl sites for hydroxylation is 2. The van der Waals surface area contributed by atoms with Crippen molar-refractivity contribution in [3.8, 4) is 5.75 Å². The van der Waals surface area contributed by atoms with E-state index in [1.165, 1.54) is 0 Å². The Balaban J connectivity index is 1.53. The zero-order valence-corrected chi connectivity index (χ0v) is 15.6. The summed E-state index contributed by atoms with van der Waals surface area (Å²) in [5.41, 5.74) is 4.37. The summed E-state index contributed by atoms with van der Waals surface area (Å²) in [7, 11) is 0. The summed E-state index contributed by atoms with van der Waals surface area (Å²) in [6, 6.07) is 19.5. The number of carbonyl (C=O) groups excluding carboxylic acids is 1. The van der Waals surface area contributed by atoms with Crippen LogP contribution in [0.2, 0.25) is 0 Å². The predicted molar refractivity (Wildman–Crippen MR) is 108 cm³/mol. The first-order valence-electron chi connectivity index (χ1n) is 8.97. The van der Waals surface area contributed by atoms with Gasteiger partial charge >= 0.3 is 0 Å². The Morgan fingerprint density at radius 1 is 0.963 bits per heavy atom. The van der Waals surface area contributed by atoms with Crippen LogP contribution in [-0.4, -0.2) is 12.0 Å². The topological polar surface area (TPSA) is 51.5 Å². The quantitative estimate of drug-likeness (QED) is 0.515. The van der Waals surface area contributed by atoms with Crippen LogP contribution in [0, 0.1) is 13.8 Å². The number of rotatable bonds is 4. The van der Waals surface area contributed by atoms with Crippen LogP contribution < -0.4 is 10.1 Å². The van der Waals surface area contributed by atoms with Gasteiger partial charge in [0.15, 0.2) is 6.10 Å². The molecule has 0 saturated carbocycles. The number of hydrogen-bond donors (Lipinski definition) is 1. The second-order valence-corrected chi connectivity index (χ2v) is 6.83. The molecular weight excluding hydrogens is 338 g/mol. The standard InChI is InChI=1S/C23H21NO3/c1-14-8-9-15(2)21(12-14)26-16(3)23(25)24-17-10-11-19-18-6-4-5-7-20(18)27-22(19)13-17/h4-13,16H,1-3H3,(H,24,25)/t16-/m1/s1. The number of ether oxygens (including phenoxy) is 1. The molecule has 0 aliphatic rings. The lowest BCUT2D eigenvalue weighted by molar-refractivity contribution is -0.122. The Labute approximate surface area is 157 Å². The summed E-state index contributed by atoms with van der Waals surface area (Å²) in [6.07, 6.45) is -0.614. The monoisotopic (exact) mass is 359 g/mol. The number of nitrogens with one attached hydrogen (secondary N) is 1. The molecule has 4 rings (SSSR count). The van der Waals surface area contributed by atoms with Gasteiger partial charge in [-0.05, 0) is 56.2 Å². The number of anilines is 1. The predicted octanol–water partition coefficient (Wildman–Crippen LogP) is 5.61. The largest absolute Gasteiger partial charge is 0.481 e. The summed E-state index contributed by atoms with van der Waals surface area (Å²) in [4.78, 5) is 12.6. The van der Waals surface area contributed by atoms with E-state index in [2.05, 4.69) is 5.32 Å². The highest BCUT2D eigenvalue weighted by Gasteiger charge is 2.17. The number of fused-ring (bicyclic) bond motifs is 3. The average molecular weight is 359 g/mol. The molecule has 4 heteroatoms. The van der Waals surface area contributed by atoms with Crippen LogP contribution in [0.3, 0.4) is 0 Å². The highest BCUT2D eigenvalue weighted by molar-refractivity contribution is 6.06. The molecule has 1 aromatic heterocycles. The molecule has 0 radical (unpaired) electrons. The van der Waals surface area contributed by atoms with Crippen molar-refractivity contribution in [3.63, 3.8) is 0 Å². The number of furan rings is 1. The van der Waals surface area contributed by atoms with E-state index in [0.717, 1.165) is 38.8 Å². The molecule has 0 saturated heterocycles. The van der Waals surface area contributed by atoms with Gasteiger partial charge in [-0.2, -0.15) is 0 Å². The number of carbonyl (C=O) groups is 1. The van der Waals surface area contributed by atoms with Crippen molar-refractivity contribution in [1.29, 1.82) is 0 Å². The second kappa shape index (κ2) is 6.80. The van der Waals surface area contributed by atoms with E-state index in [9.17, 15) is 4.79 Å². The molecule has 27 heavy (non-hydrogen) atoms. The summed E-state index contributed by atoms with van der Waals surface area (Å²) < 4.78 is 11.7. The van der Waals surface area contributed by atoms with E-state index in [1.807, 2.05) is 74.5 Å². The minimum atomic E-state index is -0.614. The maximum atomic E-state index is 12.6. The third kappa shape index (κ3) is 3.38. The first kappa shape index (κ1) is 17.2. The van der Waals surface area contributed by atoms with Gasteiger partial charge in [-0.15, -0.1) is 0 Å². The summed E-state index contributed by atoms with van der Waals surface area (Å²) in [5.74, 6) is 0.525. The van der Waals surface area contributed by atoms with Crippen molar-refractivity contribution in [3.05, 3.63) is 71.8 Å². The second-order valence-electron chi connectivity index (χ2n) is 6.83. The van der Waals surface area contributed by atoms with Crippen molar-refractivity contribution in [2.45, 2.75) is 26.9 Å². The fourth-order valence-corrected chi connectivity index (χ4v) is 3.13. The van der Waals surface area contributed by atoms with Gasteiger partial charge in [-0.1, -0.05) is 30.3 Å². The van der Waals surface area contributed by atoms with Gasteiger partial charge in [0.2, 0.25) is 0 Å². The zero-order chi connectivity index (χ0) is 19.0. The first-order chi connectivity index (χ1) is 13.0. The summed E-state index contributed by atoms with van der Waals surface area (Å²) >= 11 is 0. The van der Waals surface area contributed by atoms with E-state index in [-0.39, 0.29) is 5.91 Å². The molecule has 136 valence electrons. The van der Waals surface area contributed by atoms with Crippen molar-refractivity contribution in [1.82, 2.24) is 0 Å². The average Bonchev–Trinajstić information content (AvgIpc) is 3.02. The fraction of sp³-hybridized carbons (Fsp3) is 0.174. The lowest BCUT2D eigenvalue weighted by Crippen LogP contribution is -2.30. The van der Waals surface area contributed by atoms with Crippen LogP contribution in [-0.2, 0) is 4.79 Å². The smallest absolute Gasteiger partial charge is 0.265 e. The van der Waals surface area contributed by atoms with Gasteiger partial charge in [0.25, 0.3) is 5.91 Å². The van der Waals surface area contributed by atoms with Crippen LogP contribution in [0.15, 0.2) is 65.1 Å². The van der Waals surface area contributed by atoms with Gasteiger partial charge in [0.05, 0.1) is 0 Å². The van der Waals surface area contributed by atoms with Crippen molar-refractivity contribution in [2.24, 2.45) is 0 Å². The van der Waals surface area contributed by atoms with Crippen LogP contribution in [0.4, 0.5) is 5.69 Å². The number of hydrogen-bond acceptors (Lipinski definition) is 3. The lowest BCUT2D eigenvalue weighted by atomic mass is 10.1. The molecule has 0 bridgehead atoms. The van der Waals surface area contributed by atoms with Gasteiger partial charge in [0, 0.05) is 22.5 Å². The molecular formula is C23H21NO3. The van der Waals surface area contributed by atoms with E-state index >= 15 is 0 Å². The molecule has 3 aromatic carbocycles. The molecule has 4 aromatic rings. The highest BCUT2D eigenvalue weighted by Crippen LogP contribution is 2.30. The van der Waals surface area contributed by atoms with Gasteiger partial charge in [-0.3, -0.25) is 4.79 Å². The van der Waals surface area contributed by atoms with Gasteiger partial charge in [-0.25, -0.2) is 0 Å². The molecule has 1 N–H and O–H groups in total. The van der Waals surface area contributed by atoms with Crippen LogP contribution in [0.25, 0.3) is 21.9 Å². The molecule has 4 nitrogen and oxygen atoms in total. The normalized spacial score (nSPS) is 12.3. The Bertz CT molecular complexity index is 1140. The minimum absolute atomic E-state index is 0.202. The Morgan fingerprint density at radius 2 is 1.74 bits per heavy atom. The Hall–Kier alpha value is -3.27. The number of benzene rings is 3. The number of para-hydroxylation sites is 1. The highest BCUT2D eigenvalue weighted by atomic mass is 16.5. The zero-order valence-electron chi connectivity index (χ0n) is 15.6. The van der Waals surface area contributed by atoms with Crippen LogP contribution in [0.5, 0.6) is 5.75 Å². The van der Waals surface area contributed by atoms with E-state index in [4.69, 9.17) is 9.15 Å². The molecule has 0 fully saturated rings. The molecule has 1 atom stereocenters. The van der Waals surface area contributed by atoms with E-state index in [1.54, 1.807) is 6.92 Å². The lowest BCUT2D eigenvalue weighted by Gasteiger charge is -2.16. The summed E-state index contributed by atoms with van der Waals surface area (Å²) in [6.45, 7) is 5.71. The fourth-order valence-electron chi connectivity index (χ4n) is 3.13. The van der Waals surface area contributed by atoms with Gasteiger partial charge in [0.1, 0.15) is 16.9 Å². The maximum Gasteiger partial charge on any atom is 0.265 e. The Kier molecular flexibility index (Phi) is 4.32. The van der Waals surface area contributed by atoms with Crippen molar-refractivity contribution >= 4 is 33.5 Å². The third-order valence-corrected chi connectivity index (χ3v) is 4.66. The Morgan fingerprint density at radius 3 is 2.59 bits per heavy atom. The molecule has 0 aliphatic heterocycles. The van der Waals surface area contributed by atoms with Crippen molar-refractivity contribution < 1.29 is 13.9 Å². The third-order valence-electron chi connectivity index (χ3n) is 4.66. The molecule has 1 heterocycles. The molecule has 0 spiro atoms. The van der Waals surface area contributed by atoms with E-state index in [0.29, 0.717) is 5.69 Å². The van der Waals surface area contributed by atoms with Crippen LogP contribution >= 0.6 is 0 Å². The molecule has 1 amide bonds. The SMILES string of the molecule is Cc1ccc(C)c(O[C@H](C)C(=O)Nc2ccc3c(c2)oc2ccccc23)c1. The summed E-state index contributed by atoms with van der Waals surface area (Å²) in [5, 5.41) is 5.01. The van der Waals surface area contributed by atoms with E-state index < -0.39 is 6.10 Å².